The Kier molecular flexibility index (Phi) is 3.89. The Labute approximate surface area is 131 Å². The zero-order valence-electron chi connectivity index (χ0n) is 12.2. The van der Waals surface area contributed by atoms with E-state index < -0.39 is 11.7 Å². The molecule has 1 heterocycles. The smallest absolute Gasteiger partial charge is 0.273 e. The van der Waals surface area contributed by atoms with Crippen LogP contribution in [0, 0.1) is 18.6 Å². The molecule has 2 N–H and O–H groups in total. The fourth-order valence-electron chi connectivity index (χ4n) is 2.13. The third kappa shape index (κ3) is 3.26. The minimum atomic E-state index is -0.512. The predicted molar refractivity (Wildman–Crippen MR) is 83.1 cm³/mol. The molecule has 6 heteroatoms. The molecule has 2 aromatic carbocycles. The molecular formula is C17H13F2N3O. The van der Waals surface area contributed by atoms with Gasteiger partial charge in [0.15, 0.2) is 0 Å². The number of rotatable bonds is 3. The zero-order chi connectivity index (χ0) is 16.4. The van der Waals surface area contributed by atoms with Gasteiger partial charge in [-0.3, -0.25) is 9.89 Å². The van der Waals surface area contributed by atoms with Gasteiger partial charge in [0.1, 0.15) is 17.3 Å². The Bertz CT molecular complexity index is 857. The van der Waals surface area contributed by atoms with Crippen LogP contribution < -0.4 is 5.32 Å². The maximum absolute atomic E-state index is 13.7. The molecule has 3 aromatic rings. The largest absolute Gasteiger partial charge is 0.318 e. The lowest BCUT2D eigenvalue weighted by molar-refractivity contribution is 0.102. The second-order valence-electron chi connectivity index (χ2n) is 5.11. The highest BCUT2D eigenvalue weighted by Crippen LogP contribution is 2.20. The first-order chi connectivity index (χ1) is 11.0. The number of hydrogen-bond acceptors (Lipinski definition) is 2. The van der Waals surface area contributed by atoms with Crippen LogP contribution in [0.4, 0.5) is 14.5 Å². The van der Waals surface area contributed by atoms with E-state index in [1.807, 2.05) is 0 Å². The lowest BCUT2D eigenvalue weighted by Gasteiger charge is -2.05. The number of hydrogen-bond donors (Lipinski definition) is 2. The summed E-state index contributed by atoms with van der Waals surface area (Å²) >= 11 is 0. The van der Waals surface area contributed by atoms with Gasteiger partial charge in [-0.15, -0.1) is 0 Å². The molecule has 23 heavy (non-hydrogen) atoms. The molecule has 0 aliphatic heterocycles. The summed E-state index contributed by atoms with van der Waals surface area (Å²) in [6, 6.07) is 11.7. The van der Waals surface area contributed by atoms with E-state index >= 15 is 0 Å². The molecular weight excluding hydrogens is 300 g/mol. The number of aryl methyl sites for hydroxylation is 1. The van der Waals surface area contributed by atoms with E-state index in [1.165, 1.54) is 24.3 Å². The Hall–Kier alpha value is -3.02. The monoisotopic (exact) mass is 313 g/mol. The van der Waals surface area contributed by atoms with Crippen molar-refractivity contribution >= 4 is 11.6 Å². The molecule has 0 radical (unpaired) electrons. The quantitative estimate of drug-likeness (QED) is 0.770. The highest BCUT2D eigenvalue weighted by Gasteiger charge is 2.13. The number of nitrogens with one attached hydrogen (secondary N) is 2. The summed E-state index contributed by atoms with van der Waals surface area (Å²) in [6.45, 7) is 1.80. The van der Waals surface area contributed by atoms with Gasteiger partial charge < -0.3 is 5.32 Å². The van der Waals surface area contributed by atoms with Crippen LogP contribution in [0.5, 0.6) is 0 Å². The maximum Gasteiger partial charge on any atom is 0.273 e. The molecule has 3 rings (SSSR count). The van der Waals surface area contributed by atoms with Gasteiger partial charge in [-0.25, -0.2) is 8.78 Å². The number of carbonyl (C=O) groups is 1. The number of benzene rings is 2. The van der Waals surface area contributed by atoms with Crippen LogP contribution in [0.3, 0.4) is 0 Å². The summed E-state index contributed by atoms with van der Waals surface area (Å²) < 4.78 is 26.6. The van der Waals surface area contributed by atoms with Crippen molar-refractivity contribution in [1.29, 1.82) is 0 Å². The highest BCUT2D eigenvalue weighted by molar-refractivity contribution is 6.03. The van der Waals surface area contributed by atoms with Crippen molar-refractivity contribution in [2.75, 3.05) is 5.32 Å². The minimum Gasteiger partial charge on any atom is -0.318 e. The van der Waals surface area contributed by atoms with E-state index in [0.29, 0.717) is 11.3 Å². The molecule has 0 unspecified atom stereocenters. The van der Waals surface area contributed by atoms with E-state index in [4.69, 9.17) is 0 Å². The van der Waals surface area contributed by atoms with Crippen molar-refractivity contribution in [2.24, 2.45) is 0 Å². The highest BCUT2D eigenvalue weighted by atomic mass is 19.1. The van der Waals surface area contributed by atoms with E-state index in [9.17, 15) is 13.6 Å². The van der Waals surface area contributed by atoms with Crippen molar-refractivity contribution in [3.63, 3.8) is 0 Å². The summed E-state index contributed by atoms with van der Waals surface area (Å²) in [5.74, 6) is -1.37. The van der Waals surface area contributed by atoms with Crippen molar-refractivity contribution < 1.29 is 13.6 Å². The van der Waals surface area contributed by atoms with Gasteiger partial charge in [0.05, 0.1) is 11.4 Å². The topological polar surface area (TPSA) is 57.8 Å². The van der Waals surface area contributed by atoms with E-state index in [-0.39, 0.29) is 17.2 Å². The number of aromatic nitrogens is 2. The Morgan fingerprint density at radius 2 is 1.83 bits per heavy atom. The average Bonchev–Trinajstić information content (AvgIpc) is 3.02. The number of halogens is 2. The average molecular weight is 313 g/mol. The summed E-state index contributed by atoms with van der Waals surface area (Å²) in [6.07, 6.45) is 0. The molecule has 4 nitrogen and oxygen atoms in total. The minimum absolute atomic E-state index is 0.105. The first-order valence-corrected chi connectivity index (χ1v) is 6.92. The molecule has 116 valence electrons. The van der Waals surface area contributed by atoms with Crippen LogP contribution in [-0.4, -0.2) is 16.1 Å². The van der Waals surface area contributed by atoms with Crippen molar-refractivity contribution in [1.82, 2.24) is 10.2 Å². The molecule has 0 aliphatic rings. The lowest BCUT2D eigenvalue weighted by Crippen LogP contribution is -2.13. The molecule has 0 aliphatic carbocycles. The molecule has 0 saturated carbocycles. The van der Waals surface area contributed by atoms with E-state index in [1.54, 1.807) is 31.2 Å². The van der Waals surface area contributed by atoms with Crippen LogP contribution in [0.1, 0.15) is 16.1 Å². The first-order valence-electron chi connectivity index (χ1n) is 6.92. The van der Waals surface area contributed by atoms with Gasteiger partial charge in [0.2, 0.25) is 0 Å². The summed E-state index contributed by atoms with van der Waals surface area (Å²) in [5, 5.41) is 9.11. The summed E-state index contributed by atoms with van der Waals surface area (Å²) in [7, 11) is 0. The third-order valence-electron chi connectivity index (χ3n) is 3.33. The Balaban J connectivity index is 1.81. The van der Waals surface area contributed by atoms with Crippen molar-refractivity contribution in [3.8, 4) is 11.3 Å². The first kappa shape index (κ1) is 14.9. The summed E-state index contributed by atoms with van der Waals surface area (Å²) in [4.78, 5) is 12.2. The number of aromatic amines is 1. The SMILES string of the molecule is Cc1ccc(F)c(NC(=O)c2cc(-c3ccc(F)cc3)n[nH]2)c1. The Morgan fingerprint density at radius 3 is 2.57 bits per heavy atom. The second kappa shape index (κ2) is 6.00. The van der Waals surface area contributed by atoms with Gasteiger partial charge in [0.25, 0.3) is 5.91 Å². The van der Waals surface area contributed by atoms with Crippen LogP contribution in [0.2, 0.25) is 0 Å². The fourth-order valence-corrected chi connectivity index (χ4v) is 2.13. The molecule has 1 aromatic heterocycles. The normalized spacial score (nSPS) is 10.6. The van der Waals surface area contributed by atoms with Crippen LogP contribution in [-0.2, 0) is 0 Å². The molecule has 0 atom stereocenters. The van der Waals surface area contributed by atoms with Gasteiger partial charge >= 0.3 is 0 Å². The van der Waals surface area contributed by atoms with E-state index in [2.05, 4.69) is 15.5 Å². The predicted octanol–water partition coefficient (Wildman–Crippen LogP) is 3.92. The number of nitrogens with zero attached hydrogens (tertiary/aromatic N) is 1. The molecule has 0 fully saturated rings. The maximum atomic E-state index is 13.7. The zero-order valence-corrected chi connectivity index (χ0v) is 12.2. The molecule has 1 amide bonds. The lowest BCUT2D eigenvalue weighted by atomic mass is 10.1. The second-order valence-corrected chi connectivity index (χ2v) is 5.11. The number of anilines is 1. The van der Waals surface area contributed by atoms with Crippen LogP contribution in [0.15, 0.2) is 48.5 Å². The standard InChI is InChI=1S/C17H13F2N3O/c1-10-2-7-13(19)15(8-10)20-17(23)16-9-14(21-22-16)11-3-5-12(18)6-4-11/h2-9H,1H3,(H,20,23)(H,21,22). The fraction of sp³-hybridized carbons (Fsp3) is 0.0588. The van der Waals surface area contributed by atoms with Crippen LogP contribution in [0.25, 0.3) is 11.3 Å². The van der Waals surface area contributed by atoms with Crippen molar-refractivity contribution in [2.45, 2.75) is 6.92 Å². The Morgan fingerprint density at radius 1 is 1.09 bits per heavy atom. The molecule has 0 spiro atoms. The van der Waals surface area contributed by atoms with E-state index in [0.717, 1.165) is 5.56 Å². The third-order valence-corrected chi connectivity index (χ3v) is 3.33. The summed E-state index contributed by atoms with van der Waals surface area (Å²) in [5.41, 5.74) is 2.29. The van der Waals surface area contributed by atoms with Gasteiger partial charge in [-0.05, 0) is 55.0 Å². The molecule has 0 bridgehead atoms. The van der Waals surface area contributed by atoms with Crippen LogP contribution >= 0.6 is 0 Å². The number of carbonyl (C=O) groups excluding carboxylic acids is 1. The number of amides is 1. The molecule has 0 saturated heterocycles. The van der Waals surface area contributed by atoms with Gasteiger partial charge in [-0.1, -0.05) is 6.07 Å². The van der Waals surface area contributed by atoms with Gasteiger partial charge in [-0.2, -0.15) is 5.10 Å². The number of H-pyrrole nitrogens is 1. The van der Waals surface area contributed by atoms with Crippen molar-refractivity contribution in [3.05, 3.63) is 71.4 Å². The van der Waals surface area contributed by atoms with Gasteiger partial charge in [0, 0.05) is 5.56 Å².